The molecule has 21 heavy (non-hydrogen) atoms. The SMILES string of the molecule is CCNC(CC1CCCCCC1)c1c(C)cc(F)cc1C. The van der Waals surface area contributed by atoms with Crippen LogP contribution in [0.2, 0.25) is 0 Å². The Kier molecular flexibility index (Phi) is 6.22. The first-order chi connectivity index (χ1) is 10.1. The molecule has 2 heteroatoms. The zero-order valence-electron chi connectivity index (χ0n) is 13.8. The van der Waals surface area contributed by atoms with Gasteiger partial charge in [-0.2, -0.15) is 0 Å². The van der Waals surface area contributed by atoms with E-state index >= 15 is 0 Å². The monoisotopic (exact) mass is 291 g/mol. The molecule has 0 radical (unpaired) electrons. The van der Waals surface area contributed by atoms with Crippen LogP contribution < -0.4 is 5.32 Å². The lowest BCUT2D eigenvalue weighted by Gasteiger charge is -2.26. The summed E-state index contributed by atoms with van der Waals surface area (Å²) in [6.45, 7) is 7.22. The molecule has 1 aliphatic rings. The van der Waals surface area contributed by atoms with Crippen LogP contribution in [-0.4, -0.2) is 6.54 Å². The molecule has 1 unspecified atom stereocenters. The van der Waals surface area contributed by atoms with E-state index in [9.17, 15) is 4.39 Å². The van der Waals surface area contributed by atoms with E-state index in [1.165, 1.54) is 50.5 Å². The molecule has 1 aromatic rings. The molecule has 1 aromatic carbocycles. The maximum absolute atomic E-state index is 13.5. The zero-order valence-corrected chi connectivity index (χ0v) is 13.8. The third-order valence-corrected chi connectivity index (χ3v) is 4.90. The van der Waals surface area contributed by atoms with E-state index in [0.717, 1.165) is 23.6 Å². The molecule has 1 saturated carbocycles. The van der Waals surface area contributed by atoms with Gasteiger partial charge in [-0.1, -0.05) is 45.4 Å². The molecule has 1 aliphatic carbocycles. The smallest absolute Gasteiger partial charge is 0.123 e. The first kappa shape index (κ1) is 16.5. The summed E-state index contributed by atoms with van der Waals surface area (Å²) in [5.74, 6) is 0.707. The Morgan fingerprint density at radius 3 is 2.19 bits per heavy atom. The Morgan fingerprint density at radius 1 is 1.10 bits per heavy atom. The van der Waals surface area contributed by atoms with Gasteiger partial charge in [-0.15, -0.1) is 0 Å². The van der Waals surface area contributed by atoms with Crippen molar-refractivity contribution in [3.63, 3.8) is 0 Å². The summed E-state index contributed by atoms with van der Waals surface area (Å²) >= 11 is 0. The molecule has 0 bridgehead atoms. The largest absolute Gasteiger partial charge is 0.310 e. The summed E-state index contributed by atoms with van der Waals surface area (Å²) in [7, 11) is 0. The highest BCUT2D eigenvalue weighted by Gasteiger charge is 2.21. The number of rotatable bonds is 5. The molecule has 0 amide bonds. The van der Waals surface area contributed by atoms with Gasteiger partial charge in [-0.25, -0.2) is 4.39 Å². The second-order valence-electron chi connectivity index (χ2n) is 6.66. The molecule has 0 aliphatic heterocycles. The molecule has 1 atom stereocenters. The topological polar surface area (TPSA) is 12.0 Å². The van der Waals surface area contributed by atoms with Crippen LogP contribution in [0.4, 0.5) is 4.39 Å². The Balaban J connectivity index is 2.18. The van der Waals surface area contributed by atoms with Crippen molar-refractivity contribution in [1.82, 2.24) is 5.32 Å². The number of hydrogen-bond donors (Lipinski definition) is 1. The Morgan fingerprint density at radius 2 is 1.67 bits per heavy atom. The summed E-state index contributed by atoms with van der Waals surface area (Å²) in [5.41, 5.74) is 3.50. The lowest BCUT2D eigenvalue weighted by atomic mass is 9.86. The van der Waals surface area contributed by atoms with E-state index in [1.807, 2.05) is 13.8 Å². The van der Waals surface area contributed by atoms with Crippen LogP contribution in [-0.2, 0) is 0 Å². The standard InChI is InChI=1S/C19H30FN/c1-4-21-18(13-16-9-7-5-6-8-10-16)19-14(2)11-17(20)12-15(19)3/h11-12,16,18,21H,4-10,13H2,1-3H3. The second kappa shape index (κ2) is 7.93. The number of hydrogen-bond acceptors (Lipinski definition) is 1. The van der Waals surface area contributed by atoms with E-state index in [1.54, 1.807) is 12.1 Å². The quantitative estimate of drug-likeness (QED) is 0.711. The highest BCUT2D eigenvalue weighted by Crippen LogP contribution is 2.33. The van der Waals surface area contributed by atoms with Gasteiger partial charge in [0.1, 0.15) is 5.82 Å². The molecule has 0 aromatic heterocycles. The molecule has 0 spiro atoms. The molecule has 1 fully saturated rings. The van der Waals surface area contributed by atoms with Crippen molar-refractivity contribution in [1.29, 1.82) is 0 Å². The van der Waals surface area contributed by atoms with Crippen LogP contribution in [0.25, 0.3) is 0 Å². The molecular weight excluding hydrogens is 261 g/mol. The maximum Gasteiger partial charge on any atom is 0.123 e. The van der Waals surface area contributed by atoms with Gasteiger partial charge >= 0.3 is 0 Å². The van der Waals surface area contributed by atoms with Crippen molar-refractivity contribution in [3.05, 3.63) is 34.6 Å². The summed E-state index contributed by atoms with van der Waals surface area (Å²) in [5, 5.41) is 3.65. The van der Waals surface area contributed by atoms with Crippen molar-refractivity contribution in [2.24, 2.45) is 5.92 Å². The van der Waals surface area contributed by atoms with Crippen LogP contribution in [0.3, 0.4) is 0 Å². The zero-order chi connectivity index (χ0) is 15.2. The van der Waals surface area contributed by atoms with Crippen LogP contribution in [0.5, 0.6) is 0 Å². The van der Waals surface area contributed by atoms with E-state index < -0.39 is 0 Å². The Labute approximate surface area is 129 Å². The molecule has 118 valence electrons. The number of nitrogens with one attached hydrogen (secondary N) is 1. The number of halogens is 1. The van der Waals surface area contributed by atoms with Crippen molar-refractivity contribution in [2.75, 3.05) is 6.54 Å². The van der Waals surface area contributed by atoms with E-state index in [4.69, 9.17) is 0 Å². The van der Waals surface area contributed by atoms with Crippen molar-refractivity contribution >= 4 is 0 Å². The summed E-state index contributed by atoms with van der Waals surface area (Å²) in [6, 6.07) is 3.73. The number of benzene rings is 1. The van der Waals surface area contributed by atoms with E-state index in [0.29, 0.717) is 6.04 Å². The van der Waals surface area contributed by atoms with Gasteiger partial charge < -0.3 is 5.32 Å². The molecule has 2 rings (SSSR count). The first-order valence-corrected chi connectivity index (χ1v) is 8.61. The van der Waals surface area contributed by atoms with Gasteiger partial charge in [0, 0.05) is 6.04 Å². The third-order valence-electron chi connectivity index (χ3n) is 4.90. The van der Waals surface area contributed by atoms with E-state index in [-0.39, 0.29) is 5.82 Å². The summed E-state index contributed by atoms with van der Waals surface area (Å²) < 4.78 is 13.5. The molecular formula is C19H30FN. The average Bonchev–Trinajstić information content (AvgIpc) is 2.66. The predicted molar refractivity (Wildman–Crippen MR) is 88.1 cm³/mol. The normalized spacial score (nSPS) is 18.5. The molecule has 0 heterocycles. The highest BCUT2D eigenvalue weighted by atomic mass is 19.1. The highest BCUT2D eigenvalue weighted by molar-refractivity contribution is 5.37. The lowest BCUT2D eigenvalue weighted by Crippen LogP contribution is -2.25. The molecule has 0 saturated heterocycles. The van der Waals surface area contributed by atoms with E-state index in [2.05, 4.69) is 12.2 Å². The minimum absolute atomic E-state index is 0.113. The lowest BCUT2D eigenvalue weighted by molar-refractivity contribution is 0.358. The summed E-state index contributed by atoms with van der Waals surface area (Å²) in [6.07, 6.45) is 9.48. The van der Waals surface area contributed by atoms with Crippen molar-refractivity contribution in [3.8, 4) is 0 Å². The predicted octanol–water partition coefficient (Wildman–Crippen LogP) is 5.45. The molecule has 1 N–H and O–H groups in total. The summed E-state index contributed by atoms with van der Waals surface area (Å²) in [4.78, 5) is 0. The maximum atomic E-state index is 13.5. The van der Waals surface area contributed by atoms with Crippen LogP contribution >= 0.6 is 0 Å². The fraction of sp³-hybridized carbons (Fsp3) is 0.684. The van der Waals surface area contributed by atoms with Crippen LogP contribution in [0.1, 0.15) is 74.6 Å². The Bertz CT molecular complexity index is 424. The van der Waals surface area contributed by atoms with Crippen LogP contribution in [0, 0.1) is 25.6 Å². The van der Waals surface area contributed by atoms with Crippen molar-refractivity contribution < 1.29 is 4.39 Å². The third kappa shape index (κ3) is 4.54. The van der Waals surface area contributed by atoms with Gasteiger partial charge in [-0.05, 0) is 61.6 Å². The van der Waals surface area contributed by atoms with Gasteiger partial charge in [0.25, 0.3) is 0 Å². The van der Waals surface area contributed by atoms with Crippen molar-refractivity contribution in [2.45, 2.75) is 71.8 Å². The minimum atomic E-state index is -0.113. The first-order valence-electron chi connectivity index (χ1n) is 8.61. The van der Waals surface area contributed by atoms with Crippen LogP contribution in [0.15, 0.2) is 12.1 Å². The van der Waals surface area contributed by atoms with Gasteiger partial charge in [-0.3, -0.25) is 0 Å². The van der Waals surface area contributed by atoms with Gasteiger partial charge in [0.05, 0.1) is 0 Å². The average molecular weight is 291 g/mol. The fourth-order valence-corrected chi connectivity index (χ4v) is 3.95. The van der Waals surface area contributed by atoms with Gasteiger partial charge in [0.2, 0.25) is 0 Å². The molecule has 1 nitrogen and oxygen atoms in total. The second-order valence-corrected chi connectivity index (χ2v) is 6.66. The van der Waals surface area contributed by atoms with Gasteiger partial charge in [0.15, 0.2) is 0 Å². The fourth-order valence-electron chi connectivity index (χ4n) is 3.95. The number of aryl methyl sites for hydroxylation is 2. The minimum Gasteiger partial charge on any atom is -0.310 e. The Hall–Kier alpha value is -0.890.